The van der Waals surface area contributed by atoms with Crippen LogP contribution in [0.25, 0.3) is 0 Å². The average Bonchev–Trinajstić information content (AvgIpc) is 2.29. The molecular formula is C12H18N2O2. The van der Waals surface area contributed by atoms with Crippen LogP contribution in [0.3, 0.4) is 0 Å². The molecule has 3 N–H and O–H groups in total. The summed E-state index contributed by atoms with van der Waals surface area (Å²) in [6.07, 6.45) is 0.953. The van der Waals surface area contributed by atoms with Crippen molar-refractivity contribution in [2.75, 3.05) is 25.1 Å². The van der Waals surface area contributed by atoms with Crippen LogP contribution >= 0.6 is 0 Å². The number of fused-ring (bicyclic) bond motifs is 1. The van der Waals surface area contributed by atoms with E-state index in [-0.39, 0.29) is 0 Å². The maximum atomic E-state index is 5.52. The number of nitrogens with two attached hydrogens (primary N) is 1. The number of hydrogen-bond acceptors (Lipinski definition) is 4. The molecule has 4 heteroatoms. The van der Waals surface area contributed by atoms with E-state index in [2.05, 4.69) is 12.2 Å². The van der Waals surface area contributed by atoms with E-state index in [9.17, 15) is 0 Å². The maximum Gasteiger partial charge on any atom is 0.163 e. The maximum absolute atomic E-state index is 5.52. The first kappa shape index (κ1) is 11.1. The number of benzene rings is 1. The third kappa shape index (κ3) is 2.58. The summed E-state index contributed by atoms with van der Waals surface area (Å²) < 4.78 is 11.0. The molecule has 1 aromatic carbocycles. The third-order valence-electron chi connectivity index (χ3n) is 2.55. The van der Waals surface area contributed by atoms with Crippen LogP contribution in [0.2, 0.25) is 0 Å². The van der Waals surface area contributed by atoms with Gasteiger partial charge in [-0.05, 0) is 32.0 Å². The van der Waals surface area contributed by atoms with E-state index in [1.165, 1.54) is 0 Å². The molecule has 0 aromatic heterocycles. The van der Waals surface area contributed by atoms with Crippen LogP contribution < -0.4 is 20.5 Å². The van der Waals surface area contributed by atoms with Gasteiger partial charge in [-0.15, -0.1) is 0 Å². The second-order valence-corrected chi connectivity index (χ2v) is 3.98. The molecule has 0 bridgehead atoms. The molecule has 0 aliphatic carbocycles. The summed E-state index contributed by atoms with van der Waals surface area (Å²) in [5.74, 6) is 1.64. The standard InChI is InChI=1S/C12H18N2O2/c1-9(4-5-13)14-10-2-3-11-12(8-10)16-7-6-15-11/h2-3,8-9,14H,4-7,13H2,1H3. The van der Waals surface area contributed by atoms with Crippen LogP contribution in [-0.2, 0) is 0 Å². The SMILES string of the molecule is CC(CCN)Nc1ccc2c(c1)OCCO2. The Hall–Kier alpha value is -1.42. The molecule has 1 aliphatic heterocycles. The Morgan fingerprint density at radius 1 is 1.31 bits per heavy atom. The lowest BCUT2D eigenvalue weighted by Crippen LogP contribution is -2.20. The van der Waals surface area contributed by atoms with E-state index in [1.54, 1.807) is 0 Å². The Kier molecular flexibility index (Phi) is 3.51. The largest absolute Gasteiger partial charge is 0.486 e. The minimum absolute atomic E-state index is 0.368. The zero-order valence-electron chi connectivity index (χ0n) is 9.53. The van der Waals surface area contributed by atoms with E-state index < -0.39 is 0 Å². The number of hydrogen-bond donors (Lipinski definition) is 2. The highest BCUT2D eigenvalue weighted by Crippen LogP contribution is 2.32. The third-order valence-corrected chi connectivity index (χ3v) is 2.55. The van der Waals surface area contributed by atoms with E-state index in [0.717, 1.165) is 23.6 Å². The molecule has 16 heavy (non-hydrogen) atoms. The van der Waals surface area contributed by atoms with Crippen molar-refractivity contribution in [1.82, 2.24) is 0 Å². The lowest BCUT2D eigenvalue weighted by Gasteiger charge is -2.20. The normalized spacial score (nSPS) is 15.6. The van der Waals surface area contributed by atoms with Gasteiger partial charge in [-0.3, -0.25) is 0 Å². The van der Waals surface area contributed by atoms with Gasteiger partial charge in [0.1, 0.15) is 13.2 Å². The van der Waals surface area contributed by atoms with Crippen LogP contribution in [0.15, 0.2) is 18.2 Å². The first-order valence-electron chi connectivity index (χ1n) is 5.66. The number of ether oxygens (including phenoxy) is 2. The van der Waals surface area contributed by atoms with Crippen LogP contribution in [0.1, 0.15) is 13.3 Å². The van der Waals surface area contributed by atoms with Crippen molar-refractivity contribution in [3.63, 3.8) is 0 Å². The van der Waals surface area contributed by atoms with Crippen molar-refractivity contribution in [2.45, 2.75) is 19.4 Å². The van der Waals surface area contributed by atoms with Crippen molar-refractivity contribution in [2.24, 2.45) is 5.73 Å². The fourth-order valence-electron chi connectivity index (χ4n) is 1.74. The summed E-state index contributed by atoms with van der Waals surface area (Å²) in [6, 6.07) is 6.28. The summed E-state index contributed by atoms with van der Waals surface area (Å²) in [7, 11) is 0. The fraction of sp³-hybridized carbons (Fsp3) is 0.500. The van der Waals surface area contributed by atoms with Crippen molar-refractivity contribution < 1.29 is 9.47 Å². The summed E-state index contributed by atoms with van der Waals surface area (Å²) in [6.45, 7) is 4.06. The minimum Gasteiger partial charge on any atom is -0.486 e. The first-order chi connectivity index (χ1) is 7.79. The van der Waals surface area contributed by atoms with Gasteiger partial charge < -0.3 is 20.5 Å². The predicted molar refractivity (Wildman–Crippen MR) is 64.2 cm³/mol. The smallest absolute Gasteiger partial charge is 0.163 e. The Labute approximate surface area is 95.7 Å². The molecule has 0 spiro atoms. The summed E-state index contributed by atoms with van der Waals surface area (Å²) in [5.41, 5.74) is 6.56. The van der Waals surface area contributed by atoms with Gasteiger partial charge in [-0.25, -0.2) is 0 Å². The molecule has 0 saturated heterocycles. The quantitative estimate of drug-likeness (QED) is 0.812. The highest BCUT2D eigenvalue weighted by atomic mass is 16.6. The number of nitrogens with one attached hydrogen (secondary N) is 1. The zero-order valence-corrected chi connectivity index (χ0v) is 9.53. The van der Waals surface area contributed by atoms with Crippen molar-refractivity contribution in [3.8, 4) is 11.5 Å². The molecule has 1 unspecified atom stereocenters. The molecule has 0 amide bonds. The molecule has 4 nitrogen and oxygen atoms in total. The van der Waals surface area contributed by atoms with Gasteiger partial charge in [-0.2, -0.15) is 0 Å². The highest BCUT2D eigenvalue weighted by molar-refractivity contribution is 5.55. The highest BCUT2D eigenvalue weighted by Gasteiger charge is 2.12. The zero-order chi connectivity index (χ0) is 11.4. The molecule has 1 aliphatic rings. The monoisotopic (exact) mass is 222 g/mol. The summed E-state index contributed by atoms with van der Waals surface area (Å²) in [4.78, 5) is 0. The molecule has 0 saturated carbocycles. The van der Waals surface area contributed by atoms with Crippen LogP contribution in [0.4, 0.5) is 5.69 Å². The average molecular weight is 222 g/mol. The molecule has 1 heterocycles. The van der Waals surface area contributed by atoms with Crippen LogP contribution in [0, 0.1) is 0 Å². The Bertz CT molecular complexity index is 355. The fourth-order valence-corrected chi connectivity index (χ4v) is 1.74. The van der Waals surface area contributed by atoms with Crippen LogP contribution in [0.5, 0.6) is 11.5 Å². The second-order valence-electron chi connectivity index (χ2n) is 3.98. The first-order valence-corrected chi connectivity index (χ1v) is 5.66. The minimum atomic E-state index is 0.368. The van der Waals surface area contributed by atoms with Gasteiger partial charge in [0.25, 0.3) is 0 Å². The second kappa shape index (κ2) is 5.07. The van der Waals surface area contributed by atoms with E-state index in [0.29, 0.717) is 25.8 Å². The van der Waals surface area contributed by atoms with Gasteiger partial charge >= 0.3 is 0 Å². The topological polar surface area (TPSA) is 56.5 Å². The van der Waals surface area contributed by atoms with Gasteiger partial charge in [0.05, 0.1) is 0 Å². The van der Waals surface area contributed by atoms with Gasteiger partial charge in [0.15, 0.2) is 11.5 Å². The van der Waals surface area contributed by atoms with E-state index >= 15 is 0 Å². The summed E-state index contributed by atoms with van der Waals surface area (Å²) in [5, 5.41) is 3.38. The Balaban J connectivity index is 2.05. The molecule has 1 aromatic rings. The molecule has 2 rings (SSSR count). The molecule has 0 fully saturated rings. The van der Waals surface area contributed by atoms with Crippen molar-refractivity contribution >= 4 is 5.69 Å². The lowest BCUT2D eigenvalue weighted by molar-refractivity contribution is 0.171. The van der Waals surface area contributed by atoms with Crippen LogP contribution in [-0.4, -0.2) is 25.8 Å². The van der Waals surface area contributed by atoms with E-state index in [4.69, 9.17) is 15.2 Å². The van der Waals surface area contributed by atoms with Gasteiger partial charge in [-0.1, -0.05) is 0 Å². The van der Waals surface area contributed by atoms with Crippen molar-refractivity contribution in [1.29, 1.82) is 0 Å². The Morgan fingerprint density at radius 2 is 2.06 bits per heavy atom. The van der Waals surface area contributed by atoms with E-state index in [1.807, 2.05) is 18.2 Å². The molecule has 88 valence electrons. The van der Waals surface area contributed by atoms with Crippen molar-refractivity contribution in [3.05, 3.63) is 18.2 Å². The predicted octanol–water partition coefficient (Wildman–Crippen LogP) is 1.61. The molecule has 0 radical (unpaired) electrons. The number of rotatable bonds is 4. The van der Waals surface area contributed by atoms with Gasteiger partial charge in [0, 0.05) is 17.8 Å². The Morgan fingerprint density at radius 3 is 2.81 bits per heavy atom. The molecular weight excluding hydrogens is 204 g/mol. The lowest BCUT2D eigenvalue weighted by atomic mass is 10.2. The van der Waals surface area contributed by atoms with Gasteiger partial charge in [0.2, 0.25) is 0 Å². The summed E-state index contributed by atoms with van der Waals surface area (Å²) >= 11 is 0. The molecule has 1 atom stereocenters. The number of anilines is 1.